The molecule has 0 aliphatic heterocycles. The van der Waals surface area contributed by atoms with Crippen LogP contribution < -0.4 is 5.32 Å². The van der Waals surface area contributed by atoms with E-state index in [0.29, 0.717) is 12.1 Å². The number of rotatable bonds is 3. The van der Waals surface area contributed by atoms with Crippen LogP contribution in [0.3, 0.4) is 0 Å². The first-order chi connectivity index (χ1) is 6.77. The lowest BCUT2D eigenvalue weighted by atomic mass is 10.1. The van der Waals surface area contributed by atoms with E-state index in [1.807, 2.05) is 24.3 Å². The van der Waals surface area contributed by atoms with Crippen LogP contribution in [0.1, 0.15) is 5.56 Å². The molecular weight excluding hydrogens is 196 g/mol. The zero-order chi connectivity index (χ0) is 10.4. The van der Waals surface area contributed by atoms with Crippen molar-refractivity contribution in [2.45, 2.75) is 6.42 Å². The van der Waals surface area contributed by atoms with Crippen molar-refractivity contribution in [1.82, 2.24) is 0 Å². The minimum atomic E-state index is -0.168. The van der Waals surface area contributed by atoms with Gasteiger partial charge in [-0.2, -0.15) is 17.9 Å². The number of hydrogen-bond donors (Lipinski definition) is 2. The van der Waals surface area contributed by atoms with E-state index in [-0.39, 0.29) is 11.7 Å². The Kier molecular flexibility index (Phi) is 4.02. The molecule has 1 rings (SSSR count). The Labute approximate surface area is 88.2 Å². The standard InChI is InChI=1S/C10H10N2OS/c11-6-5-8-3-1-2-4-9(8)12-10(13)7-14/h1-4,14H,5,7H2,(H,12,13). The average molecular weight is 206 g/mol. The summed E-state index contributed by atoms with van der Waals surface area (Å²) in [5, 5.41) is 11.2. The van der Waals surface area contributed by atoms with Gasteiger partial charge in [0.15, 0.2) is 0 Å². The first kappa shape index (κ1) is 10.6. The molecule has 72 valence electrons. The number of anilines is 1. The summed E-state index contributed by atoms with van der Waals surface area (Å²) < 4.78 is 0. The summed E-state index contributed by atoms with van der Waals surface area (Å²) in [6.07, 6.45) is 0.295. The third-order valence-corrected chi connectivity index (χ3v) is 1.99. The second kappa shape index (κ2) is 5.30. The quantitative estimate of drug-likeness (QED) is 0.738. The number of nitrogens with one attached hydrogen (secondary N) is 1. The number of benzene rings is 1. The first-order valence-corrected chi connectivity index (χ1v) is 4.76. The summed E-state index contributed by atoms with van der Waals surface area (Å²) in [5.41, 5.74) is 1.51. The summed E-state index contributed by atoms with van der Waals surface area (Å²) in [5.74, 6) is -0.0281. The average Bonchev–Trinajstić information content (AvgIpc) is 2.21. The zero-order valence-electron chi connectivity index (χ0n) is 7.53. The highest BCUT2D eigenvalue weighted by atomic mass is 32.1. The Bertz CT molecular complexity index is 371. The fourth-order valence-electron chi connectivity index (χ4n) is 1.07. The van der Waals surface area contributed by atoms with Gasteiger partial charge in [-0.05, 0) is 11.6 Å². The normalized spacial score (nSPS) is 9.14. The molecule has 0 radical (unpaired) electrons. The van der Waals surface area contributed by atoms with E-state index >= 15 is 0 Å². The van der Waals surface area contributed by atoms with Gasteiger partial charge in [0.1, 0.15) is 0 Å². The number of thiol groups is 1. The van der Waals surface area contributed by atoms with Gasteiger partial charge in [0.05, 0.1) is 18.2 Å². The molecule has 0 bridgehead atoms. The van der Waals surface area contributed by atoms with Gasteiger partial charge in [-0.3, -0.25) is 4.79 Å². The molecule has 0 atom stereocenters. The van der Waals surface area contributed by atoms with Crippen LogP contribution in [0.15, 0.2) is 24.3 Å². The highest BCUT2D eigenvalue weighted by Crippen LogP contribution is 2.15. The van der Waals surface area contributed by atoms with E-state index in [1.165, 1.54) is 0 Å². The van der Waals surface area contributed by atoms with E-state index in [9.17, 15) is 4.79 Å². The van der Waals surface area contributed by atoms with E-state index in [4.69, 9.17) is 5.26 Å². The molecule has 0 aliphatic carbocycles. The lowest BCUT2D eigenvalue weighted by molar-refractivity contribution is -0.113. The maximum absolute atomic E-state index is 11.1. The molecule has 0 heterocycles. The second-order valence-electron chi connectivity index (χ2n) is 2.70. The van der Waals surface area contributed by atoms with Gasteiger partial charge >= 0.3 is 0 Å². The van der Waals surface area contributed by atoms with Crippen LogP contribution in [0.5, 0.6) is 0 Å². The van der Waals surface area contributed by atoms with E-state index < -0.39 is 0 Å². The molecule has 0 aliphatic rings. The van der Waals surface area contributed by atoms with Gasteiger partial charge in [0, 0.05) is 5.69 Å². The fraction of sp³-hybridized carbons (Fsp3) is 0.200. The van der Waals surface area contributed by atoms with Crippen LogP contribution in [-0.4, -0.2) is 11.7 Å². The Morgan fingerprint density at radius 2 is 2.21 bits per heavy atom. The predicted octanol–water partition coefficient (Wildman–Crippen LogP) is 1.62. The molecular formula is C10H10N2OS. The van der Waals surface area contributed by atoms with Gasteiger partial charge in [-0.1, -0.05) is 18.2 Å². The van der Waals surface area contributed by atoms with E-state index in [0.717, 1.165) is 5.56 Å². The van der Waals surface area contributed by atoms with Gasteiger partial charge in [-0.15, -0.1) is 0 Å². The van der Waals surface area contributed by atoms with Crippen LogP contribution in [-0.2, 0) is 11.2 Å². The number of carbonyl (C=O) groups excluding carboxylic acids is 1. The smallest absolute Gasteiger partial charge is 0.234 e. The first-order valence-electron chi connectivity index (χ1n) is 4.13. The fourth-order valence-corrected chi connectivity index (χ4v) is 1.15. The van der Waals surface area contributed by atoms with Crippen molar-refractivity contribution in [2.24, 2.45) is 0 Å². The Morgan fingerprint density at radius 1 is 1.50 bits per heavy atom. The lowest BCUT2D eigenvalue weighted by Crippen LogP contribution is -2.13. The molecule has 1 amide bonds. The van der Waals surface area contributed by atoms with Gasteiger partial charge in [0.2, 0.25) is 5.91 Å². The molecule has 0 aromatic heterocycles. The lowest BCUT2D eigenvalue weighted by Gasteiger charge is -2.06. The van der Waals surface area contributed by atoms with E-state index in [1.54, 1.807) is 6.07 Å². The Balaban J connectivity index is 2.85. The predicted molar refractivity (Wildman–Crippen MR) is 58.2 cm³/mol. The van der Waals surface area contributed by atoms with Gasteiger partial charge in [0.25, 0.3) is 0 Å². The summed E-state index contributed by atoms with van der Waals surface area (Å²) >= 11 is 3.86. The summed E-state index contributed by atoms with van der Waals surface area (Å²) in [4.78, 5) is 11.1. The summed E-state index contributed by atoms with van der Waals surface area (Å²) in [7, 11) is 0. The molecule has 3 nitrogen and oxygen atoms in total. The summed E-state index contributed by atoms with van der Waals surface area (Å²) in [6, 6.07) is 9.28. The molecule has 1 N–H and O–H groups in total. The van der Waals surface area contributed by atoms with Crippen LogP contribution in [0, 0.1) is 11.3 Å². The van der Waals surface area contributed by atoms with Gasteiger partial charge in [-0.25, -0.2) is 0 Å². The van der Waals surface area contributed by atoms with Crippen molar-refractivity contribution in [1.29, 1.82) is 5.26 Å². The summed E-state index contributed by atoms with van der Waals surface area (Å²) in [6.45, 7) is 0. The van der Waals surface area contributed by atoms with Gasteiger partial charge < -0.3 is 5.32 Å². The number of nitrogens with zero attached hydrogens (tertiary/aromatic N) is 1. The molecule has 0 saturated heterocycles. The number of nitriles is 1. The van der Waals surface area contributed by atoms with Crippen LogP contribution in [0.2, 0.25) is 0 Å². The maximum atomic E-state index is 11.1. The van der Waals surface area contributed by atoms with Crippen molar-refractivity contribution in [3.63, 3.8) is 0 Å². The van der Waals surface area contributed by atoms with Crippen molar-refractivity contribution in [2.75, 3.05) is 11.1 Å². The Morgan fingerprint density at radius 3 is 2.86 bits per heavy atom. The molecule has 0 unspecified atom stereocenters. The third-order valence-electron chi connectivity index (χ3n) is 1.70. The van der Waals surface area contributed by atoms with Crippen molar-refractivity contribution < 1.29 is 4.79 Å². The van der Waals surface area contributed by atoms with Crippen LogP contribution >= 0.6 is 12.6 Å². The Hall–Kier alpha value is -1.47. The zero-order valence-corrected chi connectivity index (χ0v) is 8.42. The monoisotopic (exact) mass is 206 g/mol. The molecule has 0 saturated carbocycles. The highest BCUT2D eigenvalue weighted by molar-refractivity contribution is 7.81. The molecule has 1 aromatic rings. The maximum Gasteiger partial charge on any atom is 0.234 e. The molecule has 4 heteroatoms. The SMILES string of the molecule is N#CCc1ccccc1NC(=O)CS. The van der Waals surface area contributed by atoms with Crippen molar-refractivity contribution >= 4 is 24.2 Å². The molecule has 1 aromatic carbocycles. The highest BCUT2D eigenvalue weighted by Gasteiger charge is 2.03. The number of para-hydroxylation sites is 1. The van der Waals surface area contributed by atoms with Crippen LogP contribution in [0.25, 0.3) is 0 Å². The number of hydrogen-bond acceptors (Lipinski definition) is 3. The minimum absolute atomic E-state index is 0.140. The van der Waals surface area contributed by atoms with Crippen molar-refractivity contribution in [3.05, 3.63) is 29.8 Å². The number of carbonyl (C=O) groups is 1. The van der Waals surface area contributed by atoms with Crippen molar-refractivity contribution in [3.8, 4) is 6.07 Å². The largest absolute Gasteiger partial charge is 0.325 e. The third kappa shape index (κ3) is 2.79. The molecule has 0 fully saturated rings. The topological polar surface area (TPSA) is 52.9 Å². The van der Waals surface area contributed by atoms with E-state index in [2.05, 4.69) is 17.9 Å². The second-order valence-corrected chi connectivity index (χ2v) is 3.01. The molecule has 0 spiro atoms. The molecule has 14 heavy (non-hydrogen) atoms. The number of amides is 1. The minimum Gasteiger partial charge on any atom is -0.325 e. The van der Waals surface area contributed by atoms with Crippen LogP contribution in [0.4, 0.5) is 5.69 Å².